The zero-order valence-corrected chi connectivity index (χ0v) is 16.3. The van der Waals surface area contributed by atoms with Crippen LogP contribution in [0.5, 0.6) is 5.75 Å². The summed E-state index contributed by atoms with van der Waals surface area (Å²) < 4.78 is 12.5. The molecule has 1 amide bonds. The van der Waals surface area contributed by atoms with E-state index in [1.54, 1.807) is 23.6 Å². The normalized spacial score (nSPS) is 17.6. The van der Waals surface area contributed by atoms with Crippen molar-refractivity contribution in [2.75, 3.05) is 18.5 Å². The standard InChI is InChI=1S/C18H24N4O4S/c1-3-25-14-8-6-13(7-9-14)19-16(23)12(2)27-18-21-20-17(24)22(18)11-15-5-4-10-26-15/h6-9,12,15H,3-5,10-11H2,1-2H3,(H,19,23)(H,20,24)/t12-,15+/m0/s1. The summed E-state index contributed by atoms with van der Waals surface area (Å²) in [5.74, 6) is 0.593. The average molecular weight is 392 g/mol. The van der Waals surface area contributed by atoms with Crippen LogP contribution in [0.25, 0.3) is 0 Å². The molecule has 3 rings (SSSR count). The minimum absolute atomic E-state index is 0.0210. The van der Waals surface area contributed by atoms with Crippen LogP contribution in [0.2, 0.25) is 0 Å². The monoisotopic (exact) mass is 392 g/mol. The van der Waals surface area contributed by atoms with Gasteiger partial charge in [-0.3, -0.25) is 9.36 Å². The molecular weight excluding hydrogens is 368 g/mol. The van der Waals surface area contributed by atoms with Crippen LogP contribution in [0.4, 0.5) is 5.69 Å². The number of rotatable bonds is 8. The minimum Gasteiger partial charge on any atom is -0.494 e. The summed E-state index contributed by atoms with van der Waals surface area (Å²) in [7, 11) is 0. The van der Waals surface area contributed by atoms with E-state index in [0.29, 0.717) is 24.0 Å². The van der Waals surface area contributed by atoms with E-state index in [1.807, 2.05) is 19.1 Å². The molecule has 2 atom stereocenters. The molecule has 1 fully saturated rings. The third-order valence-corrected chi connectivity index (χ3v) is 5.31. The Labute approximate surface area is 161 Å². The molecule has 146 valence electrons. The summed E-state index contributed by atoms with van der Waals surface area (Å²) >= 11 is 1.24. The summed E-state index contributed by atoms with van der Waals surface area (Å²) in [4.78, 5) is 24.5. The number of benzene rings is 1. The number of carbonyl (C=O) groups excluding carboxylic acids is 1. The number of aromatic nitrogens is 3. The van der Waals surface area contributed by atoms with E-state index in [-0.39, 0.29) is 17.7 Å². The molecule has 0 bridgehead atoms. The van der Waals surface area contributed by atoms with Gasteiger partial charge in [-0.25, -0.2) is 9.89 Å². The van der Waals surface area contributed by atoms with Crippen LogP contribution >= 0.6 is 11.8 Å². The first-order valence-corrected chi connectivity index (χ1v) is 9.92. The molecule has 1 aliphatic heterocycles. The smallest absolute Gasteiger partial charge is 0.344 e. The van der Waals surface area contributed by atoms with Gasteiger partial charge in [0.25, 0.3) is 0 Å². The fourth-order valence-corrected chi connectivity index (χ4v) is 3.67. The number of H-pyrrole nitrogens is 1. The predicted molar refractivity (Wildman–Crippen MR) is 103 cm³/mol. The molecule has 2 heterocycles. The number of thioether (sulfide) groups is 1. The first-order valence-electron chi connectivity index (χ1n) is 9.04. The Kier molecular flexibility index (Phi) is 6.57. The topological polar surface area (TPSA) is 98.2 Å². The number of anilines is 1. The number of hydrogen-bond acceptors (Lipinski definition) is 6. The first kappa shape index (κ1) is 19.5. The number of nitrogens with one attached hydrogen (secondary N) is 2. The molecule has 1 aromatic carbocycles. The molecule has 0 unspecified atom stereocenters. The van der Waals surface area contributed by atoms with Crippen molar-refractivity contribution in [3.63, 3.8) is 0 Å². The summed E-state index contributed by atoms with van der Waals surface area (Å²) in [5.41, 5.74) is 0.404. The van der Waals surface area contributed by atoms with Crippen LogP contribution in [0.1, 0.15) is 26.7 Å². The van der Waals surface area contributed by atoms with Gasteiger partial charge in [0.2, 0.25) is 5.91 Å². The molecule has 8 nitrogen and oxygen atoms in total. The zero-order valence-electron chi connectivity index (χ0n) is 15.4. The fraction of sp³-hybridized carbons (Fsp3) is 0.500. The minimum atomic E-state index is -0.421. The van der Waals surface area contributed by atoms with Crippen molar-refractivity contribution in [3.05, 3.63) is 34.7 Å². The highest BCUT2D eigenvalue weighted by Gasteiger charge is 2.23. The predicted octanol–water partition coefficient (Wildman–Crippen LogP) is 2.27. The molecular formula is C18H24N4O4S. The maximum absolute atomic E-state index is 12.5. The van der Waals surface area contributed by atoms with E-state index in [1.165, 1.54) is 11.8 Å². The van der Waals surface area contributed by atoms with Crippen molar-refractivity contribution in [1.29, 1.82) is 0 Å². The van der Waals surface area contributed by atoms with E-state index in [0.717, 1.165) is 25.2 Å². The summed E-state index contributed by atoms with van der Waals surface area (Å²) in [6.45, 7) is 5.47. The van der Waals surface area contributed by atoms with Crippen LogP contribution in [0.3, 0.4) is 0 Å². The van der Waals surface area contributed by atoms with E-state index in [4.69, 9.17) is 9.47 Å². The van der Waals surface area contributed by atoms with Crippen molar-refractivity contribution in [3.8, 4) is 5.75 Å². The molecule has 1 aromatic heterocycles. The number of amides is 1. The Morgan fingerprint density at radius 2 is 2.26 bits per heavy atom. The third-order valence-electron chi connectivity index (χ3n) is 4.22. The number of ether oxygens (including phenoxy) is 2. The lowest BCUT2D eigenvalue weighted by Gasteiger charge is -2.14. The highest BCUT2D eigenvalue weighted by Crippen LogP contribution is 2.23. The van der Waals surface area contributed by atoms with Gasteiger partial charge in [-0.05, 0) is 51.0 Å². The molecule has 2 N–H and O–H groups in total. The number of hydrogen-bond donors (Lipinski definition) is 2. The molecule has 0 radical (unpaired) electrons. The molecule has 0 aliphatic carbocycles. The number of carbonyl (C=O) groups is 1. The van der Waals surface area contributed by atoms with Crippen molar-refractivity contribution < 1.29 is 14.3 Å². The van der Waals surface area contributed by atoms with Crippen molar-refractivity contribution in [1.82, 2.24) is 14.8 Å². The Balaban J connectivity index is 1.60. The van der Waals surface area contributed by atoms with Gasteiger partial charge < -0.3 is 14.8 Å². The zero-order chi connectivity index (χ0) is 19.2. The Bertz CT molecular complexity index is 812. The molecule has 0 spiro atoms. The molecule has 1 saturated heterocycles. The first-order chi connectivity index (χ1) is 13.1. The second kappa shape index (κ2) is 9.09. The lowest BCUT2D eigenvalue weighted by atomic mass is 10.2. The maximum Gasteiger partial charge on any atom is 0.344 e. The van der Waals surface area contributed by atoms with E-state index in [9.17, 15) is 9.59 Å². The van der Waals surface area contributed by atoms with Gasteiger partial charge in [-0.1, -0.05) is 11.8 Å². The van der Waals surface area contributed by atoms with Crippen LogP contribution in [0, 0.1) is 0 Å². The van der Waals surface area contributed by atoms with Crippen LogP contribution in [-0.4, -0.2) is 45.2 Å². The fourth-order valence-electron chi connectivity index (χ4n) is 2.80. The van der Waals surface area contributed by atoms with Crippen molar-refractivity contribution in [2.45, 2.75) is 49.7 Å². The van der Waals surface area contributed by atoms with E-state index in [2.05, 4.69) is 15.5 Å². The second-order valence-electron chi connectivity index (χ2n) is 6.26. The largest absolute Gasteiger partial charge is 0.494 e. The Hall–Kier alpha value is -2.26. The molecule has 9 heteroatoms. The van der Waals surface area contributed by atoms with Gasteiger partial charge in [0.15, 0.2) is 5.16 Å². The van der Waals surface area contributed by atoms with Gasteiger partial charge in [0, 0.05) is 12.3 Å². The highest BCUT2D eigenvalue weighted by molar-refractivity contribution is 8.00. The van der Waals surface area contributed by atoms with Gasteiger partial charge in [0.05, 0.1) is 24.5 Å². The average Bonchev–Trinajstić information content (AvgIpc) is 3.29. The second-order valence-corrected chi connectivity index (χ2v) is 7.57. The van der Waals surface area contributed by atoms with Crippen LogP contribution in [0.15, 0.2) is 34.2 Å². The lowest BCUT2D eigenvalue weighted by molar-refractivity contribution is -0.115. The molecule has 0 saturated carbocycles. The van der Waals surface area contributed by atoms with Gasteiger partial charge in [-0.2, -0.15) is 0 Å². The van der Waals surface area contributed by atoms with Crippen LogP contribution in [-0.2, 0) is 16.1 Å². The van der Waals surface area contributed by atoms with Crippen molar-refractivity contribution >= 4 is 23.4 Å². The van der Waals surface area contributed by atoms with E-state index >= 15 is 0 Å². The lowest BCUT2D eigenvalue weighted by Crippen LogP contribution is -2.26. The van der Waals surface area contributed by atoms with Crippen molar-refractivity contribution in [2.24, 2.45) is 0 Å². The molecule has 2 aromatic rings. The van der Waals surface area contributed by atoms with Gasteiger partial charge >= 0.3 is 5.69 Å². The summed E-state index contributed by atoms with van der Waals surface area (Å²) in [6.07, 6.45) is 1.95. The summed E-state index contributed by atoms with van der Waals surface area (Å²) in [5, 5.41) is 9.45. The highest BCUT2D eigenvalue weighted by atomic mass is 32.2. The Morgan fingerprint density at radius 1 is 1.48 bits per heavy atom. The summed E-state index contributed by atoms with van der Waals surface area (Å²) in [6, 6.07) is 7.21. The SMILES string of the molecule is CCOc1ccc(NC(=O)[C@H](C)Sc2n[nH]c(=O)n2C[C@H]2CCCO2)cc1. The Morgan fingerprint density at radius 3 is 2.93 bits per heavy atom. The quantitative estimate of drug-likeness (QED) is 0.669. The van der Waals surface area contributed by atoms with E-state index < -0.39 is 5.25 Å². The molecule has 27 heavy (non-hydrogen) atoms. The molecule has 1 aliphatic rings. The number of aromatic amines is 1. The third kappa shape index (κ3) is 5.14. The number of nitrogens with zero attached hydrogens (tertiary/aromatic N) is 2. The van der Waals surface area contributed by atoms with Gasteiger partial charge in [-0.15, -0.1) is 5.10 Å². The maximum atomic E-state index is 12.5. The van der Waals surface area contributed by atoms with Gasteiger partial charge in [0.1, 0.15) is 5.75 Å². The van der Waals surface area contributed by atoms with Crippen LogP contribution < -0.4 is 15.7 Å².